The zero-order chi connectivity index (χ0) is 21.5. The van der Waals surface area contributed by atoms with Crippen molar-refractivity contribution in [2.45, 2.75) is 6.92 Å². The Bertz CT molecular complexity index is 1090. The molecule has 6 nitrogen and oxygen atoms in total. The molecule has 3 aromatic carbocycles. The van der Waals surface area contributed by atoms with Gasteiger partial charge in [0.25, 0.3) is 11.8 Å². The minimum Gasteiger partial charge on any atom is -0.497 e. The molecule has 2 N–H and O–H groups in total. The van der Waals surface area contributed by atoms with Crippen LogP contribution in [0.4, 0.5) is 5.69 Å². The summed E-state index contributed by atoms with van der Waals surface area (Å²) in [6.45, 7) is 1.77. The predicted molar refractivity (Wildman–Crippen MR) is 119 cm³/mol. The fourth-order valence-electron chi connectivity index (χ4n) is 2.65. The van der Waals surface area contributed by atoms with Crippen LogP contribution < -0.4 is 15.5 Å². The van der Waals surface area contributed by atoms with E-state index in [1.54, 1.807) is 73.7 Å². The number of nitrogens with one attached hydrogen (secondary N) is 2. The lowest BCUT2D eigenvalue weighted by Crippen LogP contribution is -2.19. The van der Waals surface area contributed by atoms with E-state index in [0.29, 0.717) is 33.3 Å². The van der Waals surface area contributed by atoms with Crippen molar-refractivity contribution >= 4 is 34.8 Å². The zero-order valence-corrected chi connectivity index (χ0v) is 17.2. The normalized spacial score (nSPS) is 11.0. The Balaban J connectivity index is 1.68. The Morgan fingerprint density at radius 3 is 2.30 bits per heavy atom. The summed E-state index contributed by atoms with van der Waals surface area (Å²) in [5.74, 6) is -0.00216. The highest BCUT2D eigenvalue weighted by Gasteiger charge is 2.09. The standard InChI is InChI=1S/C23H20ClN3O3/c1-15(26-27-23(29)18-6-4-8-21(14-18)30-2)17-5-3-7-20(13-17)25-22(28)16-9-11-19(24)12-10-16/h3-14H,1-2H3,(H,25,28)(H,27,29). The third-order valence-electron chi connectivity index (χ3n) is 4.30. The molecule has 0 aromatic heterocycles. The summed E-state index contributed by atoms with van der Waals surface area (Å²) >= 11 is 5.86. The van der Waals surface area contributed by atoms with Crippen LogP contribution in [0.5, 0.6) is 5.75 Å². The second-order valence-corrected chi connectivity index (χ2v) is 6.85. The third-order valence-corrected chi connectivity index (χ3v) is 4.55. The fourth-order valence-corrected chi connectivity index (χ4v) is 2.78. The van der Waals surface area contributed by atoms with E-state index in [-0.39, 0.29) is 11.8 Å². The predicted octanol–water partition coefficient (Wildman–Crippen LogP) is 4.75. The Morgan fingerprint density at radius 1 is 0.867 bits per heavy atom. The topological polar surface area (TPSA) is 79.8 Å². The molecule has 152 valence electrons. The van der Waals surface area contributed by atoms with Gasteiger partial charge in [0.15, 0.2) is 0 Å². The number of carbonyl (C=O) groups excluding carboxylic acids is 2. The van der Waals surface area contributed by atoms with Crippen LogP contribution in [-0.2, 0) is 0 Å². The maximum Gasteiger partial charge on any atom is 0.271 e. The van der Waals surface area contributed by atoms with Gasteiger partial charge in [0.05, 0.1) is 12.8 Å². The van der Waals surface area contributed by atoms with Gasteiger partial charge >= 0.3 is 0 Å². The van der Waals surface area contributed by atoms with Crippen molar-refractivity contribution in [1.82, 2.24) is 5.43 Å². The molecule has 0 atom stereocenters. The van der Waals surface area contributed by atoms with Gasteiger partial charge in [-0.05, 0) is 67.1 Å². The second-order valence-electron chi connectivity index (χ2n) is 6.41. The first-order valence-electron chi connectivity index (χ1n) is 9.12. The SMILES string of the molecule is COc1cccc(C(=O)NN=C(C)c2cccc(NC(=O)c3ccc(Cl)cc3)c2)c1. The molecule has 3 aromatic rings. The molecule has 0 radical (unpaired) electrons. The van der Waals surface area contributed by atoms with E-state index < -0.39 is 0 Å². The van der Waals surface area contributed by atoms with Gasteiger partial charge < -0.3 is 10.1 Å². The molecule has 0 spiro atoms. The first-order chi connectivity index (χ1) is 14.5. The van der Waals surface area contributed by atoms with Crippen molar-refractivity contribution < 1.29 is 14.3 Å². The molecule has 0 heterocycles. The van der Waals surface area contributed by atoms with Crippen molar-refractivity contribution in [2.24, 2.45) is 5.10 Å². The van der Waals surface area contributed by atoms with Crippen molar-refractivity contribution in [3.63, 3.8) is 0 Å². The molecule has 30 heavy (non-hydrogen) atoms. The van der Waals surface area contributed by atoms with Gasteiger partial charge in [0.1, 0.15) is 5.75 Å². The number of halogens is 1. The number of ether oxygens (including phenoxy) is 1. The molecule has 0 saturated carbocycles. The number of anilines is 1. The molecule has 7 heteroatoms. The van der Waals surface area contributed by atoms with Crippen molar-refractivity contribution in [2.75, 3.05) is 12.4 Å². The number of hydrazone groups is 1. The van der Waals surface area contributed by atoms with Crippen LogP contribution in [0.2, 0.25) is 5.02 Å². The molecule has 0 aliphatic rings. The van der Waals surface area contributed by atoms with E-state index in [2.05, 4.69) is 15.8 Å². The second kappa shape index (κ2) is 9.71. The number of carbonyl (C=O) groups is 2. The number of benzene rings is 3. The van der Waals surface area contributed by atoms with Crippen LogP contribution in [0.15, 0.2) is 77.9 Å². The maximum absolute atomic E-state index is 12.4. The number of nitrogens with zero attached hydrogens (tertiary/aromatic N) is 1. The van der Waals surface area contributed by atoms with Gasteiger partial charge in [-0.2, -0.15) is 5.10 Å². The van der Waals surface area contributed by atoms with E-state index in [9.17, 15) is 9.59 Å². The highest BCUT2D eigenvalue weighted by molar-refractivity contribution is 6.30. The van der Waals surface area contributed by atoms with Crippen molar-refractivity contribution in [3.05, 3.63) is 94.5 Å². The summed E-state index contributed by atoms with van der Waals surface area (Å²) in [6.07, 6.45) is 0. The molecule has 0 bridgehead atoms. The maximum atomic E-state index is 12.4. The molecular weight excluding hydrogens is 402 g/mol. The monoisotopic (exact) mass is 421 g/mol. The van der Waals surface area contributed by atoms with Gasteiger partial charge in [0, 0.05) is 21.8 Å². The summed E-state index contributed by atoms with van der Waals surface area (Å²) in [7, 11) is 1.54. The van der Waals surface area contributed by atoms with Gasteiger partial charge in [-0.1, -0.05) is 29.8 Å². The van der Waals surface area contributed by atoms with Gasteiger partial charge in [0.2, 0.25) is 0 Å². The van der Waals surface area contributed by atoms with E-state index in [4.69, 9.17) is 16.3 Å². The van der Waals surface area contributed by atoms with Crippen molar-refractivity contribution in [1.29, 1.82) is 0 Å². The lowest BCUT2D eigenvalue weighted by Gasteiger charge is -2.08. The van der Waals surface area contributed by atoms with Crippen LogP contribution in [0.25, 0.3) is 0 Å². The third kappa shape index (κ3) is 5.46. The fraction of sp³-hybridized carbons (Fsp3) is 0.0870. The number of amides is 2. The number of hydrogen-bond donors (Lipinski definition) is 2. The van der Waals surface area contributed by atoms with Gasteiger partial charge in [-0.3, -0.25) is 9.59 Å². The van der Waals surface area contributed by atoms with E-state index in [1.165, 1.54) is 7.11 Å². The Labute approximate surface area is 179 Å². The highest BCUT2D eigenvalue weighted by Crippen LogP contribution is 2.15. The molecule has 0 aliphatic heterocycles. The molecule has 2 amide bonds. The first kappa shape index (κ1) is 21.1. The molecule has 3 rings (SSSR count). The summed E-state index contributed by atoms with van der Waals surface area (Å²) < 4.78 is 5.13. The minimum absolute atomic E-state index is 0.246. The Kier molecular flexibility index (Phi) is 6.83. The molecule has 0 unspecified atom stereocenters. The summed E-state index contributed by atoms with van der Waals surface area (Å²) in [5, 5.41) is 7.57. The lowest BCUT2D eigenvalue weighted by molar-refractivity contribution is 0.0953. The average molecular weight is 422 g/mol. The van der Waals surface area contributed by atoms with Crippen LogP contribution in [-0.4, -0.2) is 24.6 Å². The number of rotatable bonds is 6. The first-order valence-corrected chi connectivity index (χ1v) is 9.50. The Morgan fingerprint density at radius 2 is 1.57 bits per heavy atom. The molecule has 0 fully saturated rings. The smallest absolute Gasteiger partial charge is 0.271 e. The summed E-state index contributed by atoms with van der Waals surface area (Å²) in [6, 6.07) is 20.6. The van der Waals surface area contributed by atoms with Gasteiger partial charge in [-0.25, -0.2) is 5.43 Å². The highest BCUT2D eigenvalue weighted by atomic mass is 35.5. The lowest BCUT2D eigenvalue weighted by atomic mass is 10.1. The van der Waals surface area contributed by atoms with E-state index >= 15 is 0 Å². The molecule has 0 saturated heterocycles. The van der Waals surface area contributed by atoms with E-state index in [1.807, 2.05) is 6.07 Å². The van der Waals surface area contributed by atoms with Crippen LogP contribution in [0.3, 0.4) is 0 Å². The summed E-state index contributed by atoms with van der Waals surface area (Å²) in [4.78, 5) is 24.7. The van der Waals surface area contributed by atoms with Crippen LogP contribution in [0, 0.1) is 0 Å². The zero-order valence-electron chi connectivity index (χ0n) is 16.5. The Hall–Kier alpha value is -3.64. The van der Waals surface area contributed by atoms with Crippen molar-refractivity contribution in [3.8, 4) is 5.75 Å². The van der Waals surface area contributed by atoms with Crippen LogP contribution in [0.1, 0.15) is 33.2 Å². The average Bonchev–Trinajstić information content (AvgIpc) is 2.77. The minimum atomic E-state index is -0.347. The van der Waals surface area contributed by atoms with E-state index in [0.717, 1.165) is 5.56 Å². The summed E-state index contributed by atoms with van der Waals surface area (Å²) in [5.41, 5.74) is 5.44. The quantitative estimate of drug-likeness (QED) is 0.445. The number of methoxy groups -OCH3 is 1. The number of hydrogen-bond acceptors (Lipinski definition) is 4. The molecular formula is C23H20ClN3O3. The largest absolute Gasteiger partial charge is 0.497 e. The molecule has 0 aliphatic carbocycles. The van der Waals surface area contributed by atoms with Gasteiger partial charge in [-0.15, -0.1) is 0 Å². The van der Waals surface area contributed by atoms with Crippen LogP contribution >= 0.6 is 11.6 Å².